The van der Waals surface area contributed by atoms with Crippen LogP contribution in [0.4, 0.5) is 14.9 Å². The maximum atomic E-state index is 16.9. The quantitative estimate of drug-likeness (QED) is 0.100. The number of piperidine rings is 1. The van der Waals surface area contributed by atoms with Crippen LogP contribution in [0.3, 0.4) is 0 Å². The van der Waals surface area contributed by atoms with Crippen LogP contribution in [0.5, 0.6) is 0 Å². The standard InChI is InChI=1S/C40H48Cl2FN5O5Si/c1-10-51-37(49)31-33(46-25-15-18-48(38(50)53-39(2,3)4)26(20-25)16-19-52-54(8,9)40(5,6)7)27-21-28(41)30(32(43)34(27)47-36(31)42)35-29-23(14-17-45-35)12-11-13-24(29)22-44/h11-14,17,21,25-26H,10,15-16,18-20H2,1-9H3,(H,46,47)/t25-,26+/m0/s1. The van der Waals surface area contributed by atoms with Crippen molar-refractivity contribution in [1.82, 2.24) is 14.9 Å². The third-order valence-corrected chi connectivity index (χ3v) is 15.3. The molecule has 5 rings (SSSR count). The molecule has 1 aliphatic rings. The van der Waals surface area contributed by atoms with Crippen molar-refractivity contribution in [1.29, 1.82) is 5.26 Å². The van der Waals surface area contributed by atoms with E-state index in [-0.39, 0.29) is 67.3 Å². The molecule has 0 spiro atoms. The first kappa shape index (κ1) is 41.1. The lowest BCUT2D eigenvalue weighted by molar-refractivity contribution is 0.00623. The van der Waals surface area contributed by atoms with E-state index in [0.29, 0.717) is 48.8 Å². The van der Waals surface area contributed by atoms with Crippen LogP contribution in [-0.4, -0.2) is 72.7 Å². The van der Waals surface area contributed by atoms with Crippen LogP contribution in [0, 0.1) is 17.1 Å². The molecule has 2 aromatic heterocycles. The Morgan fingerprint density at radius 2 is 1.87 bits per heavy atom. The Bertz CT molecular complexity index is 2120. The first-order valence-corrected chi connectivity index (χ1v) is 21.8. The van der Waals surface area contributed by atoms with Crippen LogP contribution < -0.4 is 5.32 Å². The molecule has 4 aromatic rings. The molecule has 0 bridgehead atoms. The normalized spacial score (nSPS) is 16.7. The molecule has 54 heavy (non-hydrogen) atoms. The number of nitrogens with one attached hydrogen (secondary N) is 1. The van der Waals surface area contributed by atoms with Gasteiger partial charge in [0.2, 0.25) is 0 Å². The van der Waals surface area contributed by atoms with Crippen LogP contribution in [-0.2, 0) is 13.9 Å². The number of benzene rings is 2. The number of rotatable bonds is 9. The van der Waals surface area contributed by atoms with Gasteiger partial charge in [0.05, 0.1) is 40.2 Å². The van der Waals surface area contributed by atoms with E-state index >= 15 is 4.39 Å². The summed E-state index contributed by atoms with van der Waals surface area (Å²) in [6.07, 6.45) is 2.61. The Kier molecular flexibility index (Phi) is 12.2. The number of anilines is 1. The van der Waals surface area contributed by atoms with Gasteiger partial charge < -0.3 is 24.1 Å². The van der Waals surface area contributed by atoms with Gasteiger partial charge in [-0.1, -0.05) is 56.1 Å². The number of esters is 1. The lowest BCUT2D eigenvalue weighted by Crippen LogP contribution is -2.51. The Morgan fingerprint density at radius 1 is 1.15 bits per heavy atom. The molecule has 1 fully saturated rings. The van der Waals surface area contributed by atoms with E-state index in [0.717, 1.165) is 0 Å². The number of carbonyl (C=O) groups is 2. The molecule has 2 atom stereocenters. The van der Waals surface area contributed by atoms with Crippen LogP contribution in [0.15, 0.2) is 36.5 Å². The summed E-state index contributed by atoms with van der Waals surface area (Å²) in [4.78, 5) is 37.5. The molecule has 14 heteroatoms. The van der Waals surface area contributed by atoms with Gasteiger partial charge in [0.25, 0.3) is 0 Å². The van der Waals surface area contributed by atoms with Gasteiger partial charge in [0.15, 0.2) is 14.1 Å². The fraction of sp³-hybridized carbons (Fsp3) is 0.475. The molecule has 1 saturated heterocycles. The fourth-order valence-electron chi connectivity index (χ4n) is 6.46. The summed E-state index contributed by atoms with van der Waals surface area (Å²) in [7, 11) is -2.07. The maximum Gasteiger partial charge on any atom is 0.410 e. The number of carbonyl (C=O) groups excluding carboxylic acids is 2. The van der Waals surface area contributed by atoms with E-state index in [1.165, 1.54) is 12.3 Å². The number of halogens is 3. The number of nitrogens with zero attached hydrogens (tertiary/aromatic N) is 4. The van der Waals surface area contributed by atoms with Gasteiger partial charge in [0, 0.05) is 42.2 Å². The van der Waals surface area contributed by atoms with E-state index in [1.807, 2.05) is 20.8 Å². The number of pyridine rings is 2. The van der Waals surface area contributed by atoms with Crippen molar-refractivity contribution in [2.45, 2.75) is 104 Å². The highest BCUT2D eigenvalue weighted by atomic mass is 35.5. The molecule has 2 aromatic carbocycles. The average Bonchev–Trinajstić information content (AvgIpc) is 3.07. The molecular weight excluding hydrogens is 748 g/mol. The third-order valence-electron chi connectivity index (χ3n) is 10.2. The molecular formula is C40H48Cl2FN5O5Si. The SMILES string of the molecule is CCOC(=O)c1c(Cl)nc2c(F)c(-c3nccc4cccc(C#N)c34)c(Cl)cc2c1N[C@H]1CCN(C(=O)OC(C)(C)C)[C@H](CCO[Si](C)(C)C(C)(C)C)C1. The van der Waals surface area contributed by atoms with Crippen molar-refractivity contribution in [3.8, 4) is 17.3 Å². The number of likely N-dealkylation sites (tertiary alicyclic amines) is 1. The predicted molar refractivity (Wildman–Crippen MR) is 214 cm³/mol. The van der Waals surface area contributed by atoms with Crippen molar-refractivity contribution < 1.29 is 27.9 Å². The lowest BCUT2D eigenvalue weighted by atomic mass is 9.94. The van der Waals surface area contributed by atoms with Gasteiger partial charge in [-0.15, -0.1) is 0 Å². The predicted octanol–water partition coefficient (Wildman–Crippen LogP) is 10.5. The molecule has 288 valence electrons. The molecule has 1 amide bonds. The summed E-state index contributed by atoms with van der Waals surface area (Å²) in [5.41, 5.74) is -0.248. The number of nitriles is 1. The van der Waals surface area contributed by atoms with Crippen LogP contribution in [0.1, 0.15) is 83.7 Å². The first-order chi connectivity index (χ1) is 25.3. The molecule has 0 unspecified atom stereocenters. The van der Waals surface area contributed by atoms with Gasteiger partial charge in [-0.2, -0.15) is 5.26 Å². The molecule has 0 saturated carbocycles. The highest BCUT2D eigenvalue weighted by Crippen LogP contribution is 2.43. The van der Waals surface area contributed by atoms with E-state index in [9.17, 15) is 14.9 Å². The summed E-state index contributed by atoms with van der Waals surface area (Å²) in [6.45, 7) is 19.0. The molecule has 0 aliphatic carbocycles. The zero-order chi connectivity index (χ0) is 39.7. The highest BCUT2D eigenvalue weighted by molar-refractivity contribution is 6.74. The second-order valence-electron chi connectivity index (χ2n) is 16.1. The minimum absolute atomic E-state index is 0.00451. The number of fused-ring (bicyclic) bond motifs is 2. The average molecular weight is 797 g/mol. The molecule has 1 aliphatic heterocycles. The maximum absolute atomic E-state index is 16.9. The highest BCUT2D eigenvalue weighted by Gasteiger charge is 2.39. The largest absolute Gasteiger partial charge is 0.462 e. The van der Waals surface area contributed by atoms with Crippen molar-refractivity contribution in [2.75, 3.05) is 25.1 Å². The Labute approximate surface area is 327 Å². The minimum atomic E-state index is -2.07. The zero-order valence-electron chi connectivity index (χ0n) is 32.3. The van der Waals surface area contributed by atoms with Gasteiger partial charge in [-0.05, 0) is 88.7 Å². The minimum Gasteiger partial charge on any atom is -0.462 e. The van der Waals surface area contributed by atoms with Gasteiger partial charge >= 0.3 is 12.1 Å². The van der Waals surface area contributed by atoms with E-state index in [4.69, 9.17) is 37.1 Å². The number of aromatic nitrogens is 2. The van der Waals surface area contributed by atoms with Crippen LogP contribution in [0.2, 0.25) is 28.3 Å². The van der Waals surface area contributed by atoms with Crippen molar-refractivity contribution in [3.05, 3.63) is 63.6 Å². The van der Waals surface area contributed by atoms with Crippen molar-refractivity contribution in [3.63, 3.8) is 0 Å². The molecule has 0 radical (unpaired) electrons. The second kappa shape index (κ2) is 16.0. The zero-order valence-corrected chi connectivity index (χ0v) is 34.8. The van der Waals surface area contributed by atoms with E-state index in [2.05, 4.69) is 55.2 Å². The number of hydrogen-bond acceptors (Lipinski definition) is 9. The fourth-order valence-corrected chi connectivity index (χ4v) is 8.06. The van der Waals surface area contributed by atoms with Gasteiger partial charge in [0.1, 0.15) is 21.8 Å². The molecule has 1 N–H and O–H groups in total. The van der Waals surface area contributed by atoms with Gasteiger partial charge in [-0.25, -0.2) is 19.0 Å². The summed E-state index contributed by atoms with van der Waals surface area (Å²) in [5.74, 6) is -1.55. The Morgan fingerprint density at radius 3 is 2.52 bits per heavy atom. The molecule has 3 heterocycles. The summed E-state index contributed by atoms with van der Waals surface area (Å²) < 4.78 is 34.6. The summed E-state index contributed by atoms with van der Waals surface area (Å²) in [5, 5.41) is 14.4. The van der Waals surface area contributed by atoms with Crippen molar-refractivity contribution in [2.24, 2.45) is 0 Å². The van der Waals surface area contributed by atoms with Crippen LogP contribution >= 0.6 is 23.2 Å². The number of amides is 1. The monoisotopic (exact) mass is 795 g/mol. The van der Waals surface area contributed by atoms with Crippen LogP contribution in [0.25, 0.3) is 32.9 Å². The van der Waals surface area contributed by atoms with E-state index < -0.39 is 31.8 Å². The Hall–Kier alpha value is -4.02. The summed E-state index contributed by atoms with van der Waals surface area (Å²) >= 11 is 13.6. The Balaban J connectivity index is 1.59. The van der Waals surface area contributed by atoms with E-state index in [1.54, 1.807) is 36.1 Å². The lowest BCUT2D eigenvalue weighted by Gasteiger charge is -2.42. The second-order valence-corrected chi connectivity index (χ2v) is 21.7. The third kappa shape index (κ3) is 8.60. The number of hydrogen-bond donors (Lipinski definition) is 1. The topological polar surface area (TPSA) is 127 Å². The van der Waals surface area contributed by atoms with Crippen molar-refractivity contribution >= 4 is 70.9 Å². The van der Waals surface area contributed by atoms with Gasteiger partial charge in [-0.3, -0.25) is 4.98 Å². The number of ether oxygens (including phenoxy) is 2. The summed E-state index contributed by atoms with van der Waals surface area (Å²) in [6, 6.07) is 10.0. The first-order valence-electron chi connectivity index (χ1n) is 18.1. The molecule has 10 nitrogen and oxygen atoms in total. The smallest absolute Gasteiger partial charge is 0.410 e.